The topological polar surface area (TPSA) is 15.6 Å². The average molecular weight is 501 g/mol. The van der Waals surface area contributed by atoms with Gasteiger partial charge in [-0.1, -0.05) is 102 Å². The minimum Gasteiger partial charge on any atom is -0.308 e. The molecule has 1 aliphatic carbocycles. The summed E-state index contributed by atoms with van der Waals surface area (Å²) in [5.74, 6) is 0. The Labute approximate surface area is 214 Å². The first-order chi connectivity index (χ1) is 16.7. The van der Waals surface area contributed by atoms with Crippen molar-refractivity contribution in [2.45, 2.75) is 25.3 Å². The predicted molar refractivity (Wildman–Crippen MR) is 146 cm³/mol. The van der Waals surface area contributed by atoms with E-state index in [0.717, 1.165) is 51.3 Å². The minimum atomic E-state index is 0.00704. The lowest BCUT2D eigenvalue weighted by molar-refractivity contribution is 0.458. The Morgan fingerprint density at radius 3 is 2.38 bits per heavy atom. The summed E-state index contributed by atoms with van der Waals surface area (Å²) in [4.78, 5) is 7.61. The van der Waals surface area contributed by atoms with Gasteiger partial charge in [-0.2, -0.15) is 0 Å². The third-order valence-corrected chi connectivity index (χ3v) is 8.07. The van der Waals surface area contributed by atoms with Crippen molar-refractivity contribution in [1.82, 2.24) is 4.90 Å². The van der Waals surface area contributed by atoms with Gasteiger partial charge in [0, 0.05) is 15.5 Å². The highest BCUT2D eigenvalue weighted by Gasteiger charge is 2.40. The van der Waals surface area contributed by atoms with Crippen LogP contribution >= 0.6 is 35.0 Å². The first-order valence-electron chi connectivity index (χ1n) is 11.4. The number of nitrogens with zero attached hydrogens (tertiary/aromatic N) is 2. The predicted octanol–water partition coefficient (Wildman–Crippen LogP) is 8.97. The third kappa shape index (κ3) is 3.82. The molecule has 1 atom stereocenters. The maximum atomic E-state index is 6.81. The molecule has 3 aliphatic rings. The molecule has 0 radical (unpaired) electrons. The highest BCUT2D eigenvalue weighted by atomic mass is 35.5. The molecule has 6 rings (SSSR count). The van der Waals surface area contributed by atoms with Crippen LogP contribution in [0.15, 0.2) is 106 Å². The molecule has 0 amide bonds. The largest absolute Gasteiger partial charge is 0.308 e. The van der Waals surface area contributed by atoms with Crippen LogP contribution in [0.25, 0.3) is 11.8 Å². The molecule has 0 spiro atoms. The Balaban J connectivity index is 1.53. The molecule has 0 N–H and O–H groups in total. The number of benzene rings is 3. The van der Waals surface area contributed by atoms with E-state index in [4.69, 9.17) is 28.2 Å². The lowest BCUT2D eigenvalue weighted by Crippen LogP contribution is -2.35. The van der Waals surface area contributed by atoms with E-state index in [1.165, 1.54) is 22.4 Å². The normalized spacial score (nSPS) is 20.7. The van der Waals surface area contributed by atoms with E-state index in [0.29, 0.717) is 0 Å². The van der Waals surface area contributed by atoms with Crippen molar-refractivity contribution in [3.63, 3.8) is 0 Å². The van der Waals surface area contributed by atoms with Gasteiger partial charge in [0.25, 0.3) is 0 Å². The van der Waals surface area contributed by atoms with Gasteiger partial charge in [-0.3, -0.25) is 0 Å². The molecule has 0 aromatic heterocycles. The standard InChI is InChI=1S/C29H22Cl2N2S/c30-24-15-6-4-11-20(24)17-21-12-8-14-23-27(21)32-29-33(28(23)22-13-5-7-16-25(22)31)26(18-34-29)19-9-2-1-3-10-19/h1-7,9-11,13,15-18,28H,8,12,14H2/b21-17+. The molecule has 34 heavy (non-hydrogen) atoms. The maximum absolute atomic E-state index is 6.81. The fourth-order valence-corrected chi connectivity index (χ4v) is 6.35. The third-order valence-electron chi connectivity index (χ3n) is 6.54. The SMILES string of the molecule is Clc1ccccc1/C=C1\CCCC2=C1N=C1SC=C(c3ccccc3)N1C2c1ccccc1Cl. The molecule has 3 aromatic carbocycles. The number of aliphatic imine (C=N–C) groups is 1. The Hall–Kier alpha value is -2.72. The number of hydrogen-bond acceptors (Lipinski definition) is 3. The summed E-state index contributed by atoms with van der Waals surface area (Å²) in [6, 6.07) is 26.8. The molecule has 2 aliphatic heterocycles. The summed E-state index contributed by atoms with van der Waals surface area (Å²) in [6.45, 7) is 0. The van der Waals surface area contributed by atoms with Crippen LogP contribution in [0.4, 0.5) is 0 Å². The van der Waals surface area contributed by atoms with E-state index in [1.807, 2.05) is 30.3 Å². The number of fused-ring (bicyclic) bond motifs is 1. The molecular formula is C29H22Cl2N2S. The first kappa shape index (κ1) is 21.8. The number of thioether (sulfide) groups is 1. The number of hydrogen-bond donors (Lipinski definition) is 0. The Morgan fingerprint density at radius 2 is 1.59 bits per heavy atom. The minimum absolute atomic E-state index is 0.00704. The van der Waals surface area contributed by atoms with E-state index < -0.39 is 0 Å². The molecule has 2 heterocycles. The van der Waals surface area contributed by atoms with Gasteiger partial charge in [-0.25, -0.2) is 4.99 Å². The van der Waals surface area contributed by atoms with Gasteiger partial charge < -0.3 is 4.90 Å². The molecule has 0 saturated carbocycles. The maximum Gasteiger partial charge on any atom is 0.174 e. The van der Waals surface area contributed by atoms with Crippen LogP contribution in [0.2, 0.25) is 10.0 Å². The summed E-state index contributed by atoms with van der Waals surface area (Å²) in [7, 11) is 0. The van der Waals surface area contributed by atoms with Crippen molar-refractivity contribution in [3.8, 4) is 0 Å². The second-order valence-electron chi connectivity index (χ2n) is 8.59. The Morgan fingerprint density at radius 1 is 0.853 bits per heavy atom. The lowest BCUT2D eigenvalue weighted by Gasteiger charge is -2.40. The van der Waals surface area contributed by atoms with Gasteiger partial charge in [0.05, 0.1) is 17.4 Å². The van der Waals surface area contributed by atoms with Crippen LogP contribution in [0.5, 0.6) is 0 Å². The summed E-state index contributed by atoms with van der Waals surface area (Å²) in [5, 5.41) is 4.76. The van der Waals surface area contributed by atoms with E-state index in [-0.39, 0.29) is 6.04 Å². The van der Waals surface area contributed by atoms with Crippen LogP contribution < -0.4 is 0 Å². The summed E-state index contributed by atoms with van der Waals surface area (Å²) < 4.78 is 0. The van der Waals surface area contributed by atoms with Crippen molar-refractivity contribution in [2.24, 2.45) is 4.99 Å². The molecule has 0 bridgehead atoms. The van der Waals surface area contributed by atoms with Gasteiger partial charge in [0.15, 0.2) is 5.17 Å². The monoisotopic (exact) mass is 500 g/mol. The highest BCUT2D eigenvalue weighted by molar-refractivity contribution is 8.16. The number of allylic oxidation sites excluding steroid dienone is 1. The molecule has 0 saturated heterocycles. The Bertz CT molecular complexity index is 1390. The van der Waals surface area contributed by atoms with E-state index in [9.17, 15) is 0 Å². The zero-order valence-corrected chi connectivity index (χ0v) is 20.7. The fraction of sp³-hybridized carbons (Fsp3) is 0.138. The smallest absolute Gasteiger partial charge is 0.174 e. The number of amidine groups is 1. The van der Waals surface area contributed by atoms with Gasteiger partial charge in [0.2, 0.25) is 0 Å². The van der Waals surface area contributed by atoms with Crippen molar-refractivity contribution in [1.29, 1.82) is 0 Å². The van der Waals surface area contributed by atoms with E-state index in [2.05, 4.69) is 64.9 Å². The average Bonchev–Trinajstić information content (AvgIpc) is 3.29. The fourth-order valence-electron chi connectivity index (χ4n) is 4.99. The van der Waals surface area contributed by atoms with Crippen LogP contribution in [0.1, 0.15) is 42.0 Å². The zero-order valence-electron chi connectivity index (χ0n) is 18.4. The van der Waals surface area contributed by atoms with Crippen LogP contribution in [-0.2, 0) is 0 Å². The van der Waals surface area contributed by atoms with Crippen molar-refractivity contribution >= 4 is 51.9 Å². The van der Waals surface area contributed by atoms with Crippen LogP contribution in [0, 0.1) is 0 Å². The molecule has 2 nitrogen and oxygen atoms in total. The van der Waals surface area contributed by atoms with Crippen molar-refractivity contribution in [3.05, 3.63) is 128 Å². The van der Waals surface area contributed by atoms with E-state index in [1.54, 1.807) is 11.8 Å². The van der Waals surface area contributed by atoms with Gasteiger partial charge in [-0.05, 0) is 65.3 Å². The molecule has 168 valence electrons. The van der Waals surface area contributed by atoms with Gasteiger partial charge >= 0.3 is 0 Å². The molecular weight excluding hydrogens is 479 g/mol. The summed E-state index contributed by atoms with van der Waals surface area (Å²) in [6.07, 6.45) is 5.27. The summed E-state index contributed by atoms with van der Waals surface area (Å²) in [5.41, 5.74) is 8.17. The van der Waals surface area contributed by atoms with Gasteiger partial charge in [-0.15, -0.1) is 0 Å². The van der Waals surface area contributed by atoms with E-state index >= 15 is 0 Å². The van der Waals surface area contributed by atoms with Gasteiger partial charge in [0.1, 0.15) is 0 Å². The number of halogens is 2. The quantitative estimate of drug-likeness (QED) is 0.356. The molecule has 5 heteroatoms. The second kappa shape index (κ2) is 9.14. The van der Waals surface area contributed by atoms with Crippen LogP contribution in [-0.4, -0.2) is 10.1 Å². The van der Waals surface area contributed by atoms with Crippen molar-refractivity contribution in [2.75, 3.05) is 0 Å². The zero-order chi connectivity index (χ0) is 23.1. The Kier molecular flexibility index (Phi) is 5.86. The second-order valence-corrected chi connectivity index (χ2v) is 10.2. The molecule has 3 aromatic rings. The highest BCUT2D eigenvalue weighted by Crippen LogP contribution is 2.52. The number of rotatable bonds is 3. The van der Waals surface area contributed by atoms with Crippen molar-refractivity contribution < 1.29 is 0 Å². The summed E-state index contributed by atoms with van der Waals surface area (Å²) >= 11 is 15.0. The first-order valence-corrected chi connectivity index (χ1v) is 13.1. The molecule has 1 unspecified atom stereocenters. The molecule has 0 fully saturated rings. The van der Waals surface area contributed by atoms with Crippen LogP contribution in [0.3, 0.4) is 0 Å². The lowest BCUT2D eigenvalue weighted by atomic mass is 9.82.